The predicted octanol–water partition coefficient (Wildman–Crippen LogP) is 4.68. The van der Waals surface area contributed by atoms with Crippen molar-refractivity contribution in [1.29, 1.82) is 0 Å². The number of fused-ring (bicyclic) bond motifs is 1. The van der Waals surface area contributed by atoms with Crippen LogP contribution in [0, 0.1) is 30.1 Å². The number of aromatic amines is 1. The quantitative estimate of drug-likeness (QED) is 0.310. The monoisotopic (exact) mass is 538 g/mol. The summed E-state index contributed by atoms with van der Waals surface area (Å²) in [5.41, 5.74) is 2.56. The van der Waals surface area contributed by atoms with Gasteiger partial charge in [0.2, 0.25) is 11.6 Å². The van der Waals surface area contributed by atoms with Crippen molar-refractivity contribution < 1.29 is 4.52 Å². The van der Waals surface area contributed by atoms with E-state index in [9.17, 15) is 4.79 Å². The molecule has 7 rings (SSSR count). The Morgan fingerprint density at radius 3 is 2.55 bits per heavy atom. The molecule has 10 heteroatoms. The minimum absolute atomic E-state index is 0.182. The first-order chi connectivity index (χ1) is 19.5. The Balaban J connectivity index is 1.39. The SMILES string of the molecule is C#CC1CCC(Cn2c(C3(c4ccncc4)CC3)nc3nc(-c4noc(=O)[nH]4)nc(NC(C)C4CCC4)c32)CC1. The standard InChI is InChI=1S/C30H34N8O2/c1-3-19-7-9-20(10-8-19)17-38-23-24(32-18(2)21-5-4-6-21)33-26(27-36-29(39)40-37-27)34-25(23)35-28(38)30(13-14-30)22-11-15-31-16-12-22/h1,11-12,15-16,18-21H,4-10,13-14,17H2,2H3,(H,32,33,34)(H,36,37,39). The molecular weight excluding hydrogens is 504 g/mol. The highest BCUT2D eigenvalue weighted by atomic mass is 16.5. The highest BCUT2D eigenvalue weighted by molar-refractivity contribution is 5.86. The molecule has 10 nitrogen and oxygen atoms in total. The molecule has 0 aromatic carbocycles. The van der Waals surface area contributed by atoms with E-state index in [1.165, 1.54) is 24.8 Å². The molecule has 3 aliphatic carbocycles. The Labute approximate surface area is 232 Å². The van der Waals surface area contributed by atoms with Crippen molar-refractivity contribution in [1.82, 2.24) is 34.6 Å². The van der Waals surface area contributed by atoms with Crippen LogP contribution < -0.4 is 11.1 Å². The third-order valence-electron chi connectivity index (χ3n) is 9.41. The number of H-pyrrole nitrogens is 1. The molecule has 4 aromatic rings. The van der Waals surface area contributed by atoms with E-state index in [4.69, 9.17) is 25.9 Å². The summed E-state index contributed by atoms with van der Waals surface area (Å²) in [6, 6.07) is 4.44. The first kappa shape index (κ1) is 25.0. The van der Waals surface area contributed by atoms with E-state index < -0.39 is 5.76 Å². The summed E-state index contributed by atoms with van der Waals surface area (Å²) in [6.07, 6.45) is 19.5. The van der Waals surface area contributed by atoms with E-state index in [1.54, 1.807) is 0 Å². The molecule has 0 radical (unpaired) electrons. The molecule has 2 N–H and O–H groups in total. The van der Waals surface area contributed by atoms with Gasteiger partial charge in [-0.25, -0.2) is 19.7 Å². The van der Waals surface area contributed by atoms with Crippen LogP contribution in [0.25, 0.3) is 22.8 Å². The first-order valence-electron chi connectivity index (χ1n) is 14.5. The third-order valence-corrected chi connectivity index (χ3v) is 9.41. The zero-order valence-electron chi connectivity index (χ0n) is 22.8. The van der Waals surface area contributed by atoms with Crippen LogP contribution in [0.3, 0.4) is 0 Å². The van der Waals surface area contributed by atoms with E-state index in [0.717, 1.165) is 62.2 Å². The highest BCUT2D eigenvalue weighted by Gasteiger charge is 2.50. The van der Waals surface area contributed by atoms with Gasteiger partial charge in [0.15, 0.2) is 11.5 Å². The van der Waals surface area contributed by atoms with Crippen LogP contribution in [0.5, 0.6) is 0 Å². The summed E-state index contributed by atoms with van der Waals surface area (Å²) in [5.74, 6) is 6.03. The second kappa shape index (κ2) is 9.88. The van der Waals surface area contributed by atoms with Gasteiger partial charge in [-0.05, 0) is 87.8 Å². The van der Waals surface area contributed by atoms with Crippen molar-refractivity contribution in [3.63, 3.8) is 0 Å². The Bertz CT molecular complexity index is 1610. The summed E-state index contributed by atoms with van der Waals surface area (Å²) in [7, 11) is 0. The van der Waals surface area contributed by atoms with Gasteiger partial charge in [0, 0.05) is 30.9 Å². The molecule has 0 amide bonds. The average molecular weight is 539 g/mol. The van der Waals surface area contributed by atoms with Crippen LogP contribution in [0.2, 0.25) is 0 Å². The fourth-order valence-electron chi connectivity index (χ4n) is 6.59. The largest absolute Gasteiger partial charge is 0.439 e. The van der Waals surface area contributed by atoms with Crippen LogP contribution in [0.4, 0.5) is 5.82 Å². The Morgan fingerprint density at radius 1 is 1.15 bits per heavy atom. The fraction of sp³-hybridized carbons (Fsp3) is 0.533. The van der Waals surface area contributed by atoms with E-state index in [-0.39, 0.29) is 17.3 Å². The maximum atomic E-state index is 11.8. The lowest BCUT2D eigenvalue weighted by molar-refractivity contribution is 0.283. The number of aromatic nitrogens is 7. The van der Waals surface area contributed by atoms with Crippen LogP contribution in [-0.2, 0) is 12.0 Å². The molecule has 40 heavy (non-hydrogen) atoms. The van der Waals surface area contributed by atoms with Gasteiger partial charge >= 0.3 is 5.76 Å². The molecule has 4 heterocycles. The number of terminal acetylenes is 1. The van der Waals surface area contributed by atoms with Gasteiger partial charge in [0.25, 0.3) is 0 Å². The molecule has 0 bridgehead atoms. The average Bonchev–Trinajstić information content (AvgIpc) is 3.50. The van der Waals surface area contributed by atoms with Gasteiger partial charge in [0.1, 0.15) is 11.3 Å². The lowest BCUT2D eigenvalue weighted by Gasteiger charge is -2.32. The second-order valence-electron chi connectivity index (χ2n) is 11.9. The van der Waals surface area contributed by atoms with E-state index >= 15 is 0 Å². The number of nitrogens with zero attached hydrogens (tertiary/aromatic N) is 6. The lowest BCUT2D eigenvalue weighted by Crippen LogP contribution is -2.31. The zero-order chi connectivity index (χ0) is 27.3. The van der Waals surface area contributed by atoms with E-state index in [2.05, 4.69) is 50.0 Å². The number of nitrogens with one attached hydrogen (secondary N) is 2. The summed E-state index contributed by atoms with van der Waals surface area (Å²) in [4.78, 5) is 33.6. The molecule has 3 fully saturated rings. The maximum absolute atomic E-state index is 11.8. The molecule has 1 atom stereocenters. The summed E-state index contributed by atoms with van der Waals surface area (Å²) in [5, 5.41) is 7.59. The smallest absolute Gasteiger partial charge is 0.365 e. The minimum atomic E-state index is -0.639. The van der Waals surface area contributed by atoms with Gasteiger partial charge in [-0.15, -0.1) is 12.3 Å². The molecule has 4 aromatic heterocycles. The van der Waals surface area contributed by atoms with Gasteiger partial charge in [-0.2, -0.15) is 0 Å². The number of imidazole rings is 1. The van der Waals surface area contributed by atoms with Crippen LogP contribution in [0.1, 0.15) is 76.1 Å². The van der Waals surface area contributed by atoms with Crippen molar-refractivity contribution in [2.75, 3.05) is 5.32 Å². The Morgan fingerprint density at radius 2 is 1.93 bits per heavy atom. The number of anilines is 1. The first-order valence-corrected chi connectivity index (χ1v) is 14.5. The van der Waals surface area contributed by atoms with E-state index in [1.807, 2.05) is 12.4 Å². The second-order valence-corrected chi connectivity index (χ2v) is 11.9. The molecule has 206 valence electrons. The molecule has 0 aliphatic heterocycles. The van der Waals surface area contributed by atoms with Crippen LogP contribution in [0.15, 0.2) is 33.8 Å². The minimum Gasteiger partial charge on any atom is -0.365 e. The van der Waals surface area contributed by atoms with Gasteiger partial charge in [-0.1, -0.05) is 11.6 Å². The van der Waals surface area contributed by atoms with Crippen molar-refractivity contribution in [3.8, 4) is 24.0 Å². The van der Waals surface area contributed by atoms with E-state index in [0.29, 0.717) is 29.2 Å². The number of hydrogen-bond acceptors (Lipinski definition) is 8. The highest BCUT2D eigenvalue weighted by Crippen LogP contribution is 2.54. The van der Waals surface area contributed by atoms with Gasteiger partial charge < -0.3 is 9.88 Å². The molecule has 3 saturated carbocycles. The maximum Gasteiger partial charge on any atom is 0.439 e. The number of pyridine rings is 1. The van der Waals surface area contributed by atoms with Crippen molar-refractivity contribution in [2.45, 2.75) is 82.7 Å². The Kier molecular flexibility index (Phi) is 6.17. The normalized spacial score (nSPS) is 22.9. The summed E-state index contributed by atoms with van der Waals surface area (Å²) >= 11 is 0. The molecule has 0 saturated heterocycles. The number of hydrogen-bond donors (Lipinski definition) is 2. The molecule has 3 aliphatic rings. The summed E-state index contributed by atoms with van der Waals surface area (Å²) < 4.78 is 7.16. The van der Waals surface area contributed by atoms with Crippen LogP contribution in [-0.4, -0.2) is 40.7 Å². The predicted molar refractivity (Wildman–Crippen MR) is 150 cm³/mol. The summed E-state index contributed by atoms with van der Waals surface area (Å²) in [6.45, 7) is 3.06. The van der Waals surface area contributed by atoms with Gasteiger partial charge in [0.05, 0.1) is 5.41 Å². The van der Waals surface area contributed by atoms with Crippen molar-refractivity contribution >= 4 is 17.0 Å². The molecular formula is C30H34N8O2. The molecule has 1 unspecified atom stereocenters. The Hall–Kier alpha value is -4.00. The van der Waals surface area contributed by atoms with Gasteiger partial charge in [-0.3, -0.25) is 14.5 Å². The lowest BCUT2D eigenvalue weighted by atomic mass is 9.80. The third kappa shape index (κ3) is 4.37. The van der Waals surface area contributed by atoms with Crippen molar-refractivity contribution in [2.24, 2.45) is 17.8 Å². The van der Waals surface area contributed by atoms with Crippen molar-refractivity contribution in [3.05, 3.63) is 46.5 Å². The number of rotatable bonds is 8. The fourth-order valence-corrected chi connectivity index (χ4v) is 6.59. The topological polar surface area (TPSA) is 127 Å². The van der Waals surface area contributed by atoms with Crippen LogP contribution >= 0.6 is 0 Å². The zero-order valence-corrected chi connectivity index (χ0v) is 22.8. The molecule has 0 spiro atoms.